The van der Waals surface area contributed by atoms with Gasteiger partial charge in [0.05, 0.1) is 15.6 Å². The molecule has 0 saturated heterocycles. The number of aromatic nitrogens is 2. The number of hydrogen-bond acceptors (Lipinski definition) is 3. The fraction of sp³-hybridized carbons (Fsp3) is 0.0588. The van der Waals surface area contributed by atoms with Crippen molar-refractivity contribution in [1.82, 2.24) is 9.38 Å². The fourth-order valence-corrected chi connectivity index (χ4v) is 3.53. The van der Waals surface area contributed by atoms with Gasteiger partial charge in [-0.1, -0.05) is 41.7 Å². The number of aryl methyl sites for hydroxylation is 1. The van der Waals surface area contributed by atoms with Crippen LogP contribution in [0.1, 0.15) is 11.1 Å². The quantitative estimate of drug-likeness (QED) is 0.542. The molecule has 0 amide bonds. The molecule has 0 radical (unpaired) electrons. The van der Waals surface area contributed by atoms with Crippen LogP contribution in [-0.4, -0.2) is 9.38 Å². The maximum Gasteiger partial charge on any atom is 0.274 e. The van der Waals surface area contributed by atoms with E-state index in [-0.39, 0.29) is 11.4 Å². The predicted octanol–water partition coefficient (Wildman–Crippen LogP) is 2.90. The third-order valence-corrected chi connectivity index (χ3v) is 4.63. The van der Waals surface area contributed by atoms with E-state index in [1.165, 1.54) is 17.4 Å². The van der Waals surface area contributed by atoms with Gasteiger partial charge < -0.3 is 0 Å². The van der Waals surface area contributed by atoms with Crippen LogP contribution in [0.2, 0.25) is 0 Å². The van der Waals surface area contributed by atoms with Crippen molar-refractivity contribution in [3.63, 3.8) is 0 Å². The summed E-state index contributed by atoms with van der Waals surface area (Å²) < 4.78 is 15.8. The van der Waals surface area contributed by atoms with Crippen molar-refractivity contribution >= 4 is 33.4 Å². The lowest BCUT2D eigenvalue weighted by Crippen LogP contribution is -2.22. The summed E-state index contributed by atoms with van der Waals surface area (Å²) in [5, 5.41) is 0. The highest BCUT2D eigenvalue weighted by Gasteiger charge is 2.12. The molecule has 0 aliphatic rings. The molecule has 0 fully saturated rings. The average molecular weight is 310 g/mol. The topological polar surface area (TPSA) is 34.4 Å². The minimum atomic E-state index is -0.339. The van der Waals surface area contributed by atoms with Gasteiger partial charge in [0.15, 0.2) is 4.96 Å². The monoisotopic (exact) mass is 310 g/mol. The van der Waals surface area contributed by atoms with Crippen LogP contribution in [0.3, 0.4) is 0 Å². The lowest BCUT2D eigenvalue weighted by molar-refractivity contribution is 0.625. The van der Waals surface area contributed by atoms with Crippen LogP contribution >= 0.6 is 11.3 Å². The van der Waals surface area contributed by atoms with E-state index < -0.39 is 0 Å². The minimum Gasteiger partial charge on any atom is -0.267 e. The van der Waals surface area contributed by atoms with E-state index in [0.29, 0.717) is 15.1 Å². The molecule has 0 spiro atoms. The number of thiazole rings is 1. The zero-order valence-electron chi connectivity index (χ0n) is 11.7. The normalized spacial score (nSPS) is 12.5. The smallest absolute Gasteiger partial charge is 0.267 e. The average Bonchev–Trinajstić information content (AvgIpc) is 3.01. The van der Waals surface area contributed by atoms with Gasteiger partial charge in [-0.2, -0.15) is 0 Å². The molecule has 5 heteroatoms. The molecular weight excluding hydrogens is 299 g/mol. The first kappa shape index (κ1) is 13.2. The summed E-state index contributed by atoms with van der Waals surface area (Å²) in [7, 11) is 0. The van der Waals surface area contributed by atoms with Gasteiger partial charge in [-0.15, -0.1) is 0 Å². The molecule has 108 valence electrons. The fourth-order valence-electron chi connectivity index (χ4n) is 2.56. The van der Waals surface area contributed by atoms with Crippen LogP contribution in [0.15, 0.2) is 47.3 Å². The zero-order chi connectivity index (χ0) is 15.3. The highest BCUT2D eigenvalue weighted by Crippen LogP contribution is 2.19. The van der Waals surface area contributed by atoms with E-state index in [1.807, 2.05) is 25.1 Å². The van der Waals surface area contributed by atoms with Gasteiger partial charge in [-0.3, -0.25) is 4.79 Å². The van der Waals surface area contributed by atoms with Crippen molar-refractivity contribution < 1.29 is 4.39 Å². The molecular formula is C17H11FN2OS. The predicted molar refractivity (Wildman–Crippen MR) is 86.8 cm³/mol. The van der Waals surface area contributed by atoms with Crippen molar-refractivity contribution in [3.8, 4) is 0 Å². The Bertz CT molecular complexity index is 1130. The number of hydrogen-bond donors (Lipinski definition) is 0. The summed E-state index contributed by atoms with van der Waals surface area (Å²) in [6.45, 7) is 1.97. The van der Waals surface area contributed by atoms with Crippen molar-refractivity contribution in [2.75, 3.05) is 0 Å². The van der Waals surface area contributed by atoms with Gasteiger partial charge in [-0.25, -0.2) is 13.8 Å². The Morgan fingerprint density at radius 1 is 1.18 bits per heavy atom. The molecule has 0 saturated carbocycles. The Morgan fingerprint density at radius 3 is 2.82 bits per heavy atom. The van der Waals surface area contributed by atoms with Crippen LogP contribution in [0.25, 0.3) is 22.1 Å². The molecule has 4 rings (SSSR count). The number of fused-ring (bicyclic) bond motifs is 3. The van der Waals surface area contributed by atoms with Crippen LogP contribution in [-0.2, 0) is 0 Å². The largest absolute Gasteiger partial charge is 0.274 e. The molecule has 3 nitrogen and oxygen atoms in total. The van der Waals surface area contributed by atoms with Gasteiger partial charge in [0, 0.05) is 5.56 Å². The molecule has 22 heavy (non-hydrogen) atoms. The lowest BCUT2D eigenvalue weighted by atomic mass is 10.2. The number of halogens is 1. The molecule has 2 heterocycles. The molecule has 0 aliphatic carbocycles. The van der Waals surface area contributed by atoms with Crippen LogP contribution in [0.5, 0.6) is 0 Å². The molecule has 4 aromatic rings. The lowest BCUT2D eigenvalue weighted by Gasteiger charge is -1.94. The Balaban J connectivity index is 2.06. The van der Waals surface area contributed by atoms with E-state index in [0.717, 1.165) is 16.6 Å². The number of para-hydroxylation sites is 1. The van der Waals surface area contributed by atoms with Gasteiger partial charge in [0.25, 0.3) is 5.56 Å². The first-order valence-corrected chi connectivity index (χ1v) is 7.63. The highest BCUT2D eigenvalue weighted by atomic mass is 32.1. The van der Waals surface area contributed by atoms with Gasteiger partial charge in [0.1, 0.15) is 5.82 Å². The summed E-state index contributed by atoms with van der Waals surface area (Å²) in [6.07, 6.45) is 1.58. The van der Waals surface area contributed by atoms with E-state index in [1.54, 1.807) is 28.7 Å². The maximum absolute atomic E-state index is 13.7. The zero-order valence-corrected chi connectivity index (χ0v) is 12.5. The van der Waals surface area contributed by atoms with Gasteiger partial charge >= 0.3 is 0 Å². The summed E-state index contributed by atoms with van der Waals surface area (Å²) in [5.41, 5.74) is 2.92. The number of imidazole rings is 1. The van der Waals surface area contributed by atoms with Crippen LogP contribution in [0, 0.1) is 12.7 Å². The van der Waals surface area contributed by atoms with E-state index >= 15 is 0 Å². The summed E-state index contributed by atoms with van der Waals surface area (Å²) in [6, 6.07) is 12.2. The van der Waals surface area contributed by atoms with Crippen molar-refractivity contribution in [2.24, 2.45) is 0 Å². The second-order valence-electron chi connectivity index (χ2n) is 5.11. The Labute approximate surface area is 129 Å². The Hall–Kier alpha value is -2.53. The number of rotatable bonds is 1. The Kier molecular flexibility index (Phi) is 2.84. The summed E-state index contributed by atoms with van der Waals surface area (Å²) in [4.78, 5) is 17.8. The number of benzene rings is 2. The maximum atomic E-state index is 13.7. The third kappa shape index (κ3) is 1.86. The second-order valence-corrected chi connectivity index (χ2v) is 6.12. The minimum absolute atomic E-state index is 0.156. The third-order valence-electron chi connectivity index (χ3n) is 3.66. The van der Waals surface area contributed by atoms with E-state index in [4.69, 9.17) is 0 Å². The van der Waals surface area contributed by atoms with Gasteiger partial charge in [-0.05, 0) is 30.7 Å². The SMILES string of the molecule is Cc1cccc2c1nc1s/c(=C/c3ccccc3F)c(=O)n12. The summed E-state index contributed by atoms with van der Waals surface area (Å²) >= 11 is 1.28. The highest BCUT2D eigenvalue weighted by molar-refractivity contribution is 7.15. The molecule has 0 aliphatic heterocycles. The van der Waals surface area contributed by atoms with Crippen LogP contribution < -0.4 is 10.1 Å². The summed E-state index contributed by atoms with van der Waals surface area (Å²) in [5.74, 6) is -0.339. The molecule has 0 unspecified atom stereocenters. The van der Waals surface area contributed by atoms with Crippen molar-refractivity contribution in [1.29, 1.82) is 0 Å². The first-order valence-electron chi connectivity index (χ1n) is 6.82. The van der Waals surface area contributed by atoms with E-state index in [9.17, 15) is 9.18 Å². The van der Waals surface area contributed by atoms with Gasteiger partial charge in [0.2, 0.25) is 0 Å². The van der Waals surface area contributed by atoms with Crippen LogP contribution in [0.4, 0.5) is 4.39 Å². The van der Waals surface area contributed by atoms with Crippen molar-refractivity contribution in [2.45, 2.75) is 6.92 Å². The molecule has 2 aromatic heterocycles. The Morgan fingerprint density at radius 2 is 2.00 bits per heavy atom. The standard InChI is InChI=1S/C17H11FN2OS/c1-10-5-4-8-13-15(10)19-17-20(13)16(21)14(22-17)9-11-6-2-3-7-12(11)18/h2-9H,1H3/b14-9+. The molecule has 0 bridgehead atoms. The molecule has 2 aromatic carbocycles. The van der Waals surface area contributed by atoms with E-state index in [2.05, 4.69) is 4.98 Å². The molecule has 0 atom stereocenters. The second kappa shape index (κ2) is 4.74. The first-order chi connectivity index (χ1) is 10.6. The molecule has 0 N–H and O–H groups in total. The van der Waals surface area contributed by atoms with Crippen molar-refractivity contribution in [3.05, 3.63) is 74.3 Å². The number of nitrogens with zero attached hydrogens (tertiary/aromatic N) is 2.